The normalized spacial score (nSPS) is 20.7. The molecule has 2 amide bonds. The number of ether oxygens (including phenoxy) is 1. The van der Waals surface area contributed by atoms with Crippen LogP contribution in [0.3, 0.4) is 0 Å². The van der Waals surface area contributed by atoms with E-state index in [1.807, 2.05) is 12.1 Å². The maximum atomic E-state index is 14.2. The van der Waals surface area contributed by atoms with Gasteiger partial charge >= 0.3 is 5.97 Å². The number of aryl methyl sites for hydroxylation is 1. The summed E-state index contributed by atoms with van der Waals surface area (Å²) < 4.78 is 20.2. The zero-order valence-electron chi connectivity index (χ0n) is 23.4. The Bertz CT molecular complexity index is 1300. The van der Waals surface area contributed by atoms with Crippen molar-refractivity contribution >= 4 is 35.1 Å². The first-order chi connectivity index (χ1) is 19.7. The fourth-order valence-corrected chi connectivity index (χ4v) is 6.43. The molecule has 2 aromatic carbocycles. The monoisotopic (exact) mass is 585 g/mol. The zero-order chi connectivity index (χ0) is 29.1. The lowest BCUT2D eigenvalue weighted by atomic mass is 9.82. The van der Waals surface area contributed by atoms with Gasteiger partial charge in [-0.15, -0.1) is 0 Å². The molecule has 2 aliphatic heterocycles. The van der Waals surface area contributed by atoms with E-state index in [-0.39, 0.29) is 48.7 Å². The second-order valence-electron chi connectivity index (χ2n) is 11.3. The number of fused-ring (bicyclic) bond motifs is 1. The second kappa shape index (κ2) is 12.8. The lowest BCUT2D eigenvalue weighted by Gasteiger charge is -2.38. The smallest absolute Gasteiger partial charge is 0.306 e. The van der Waals surface area contributed by atoms with Gasteiger partial charge in [-0.3, -0.25) is 19.3 Å². The van der Waals surface area contributed by atoms with Crippen LogP contribution in [0.2, 0.25) is 5.02 Å². The Labute approximate surface area is 245 Å². The van der Waals surface area contributed by atoms with Gasteiger partial charge in [0.05, 0.1) is 23.2 Å². The standard InChI is InChI=1S/C31H37ClFN3O5/c1-2-22-15-21(5-8-28(22)41-14-13-35-29(37)9-10-30(35)38)19-34(18-20-3-6-23(7-4-20)31(39)40)36-12-11-24-16-26(33)25(32)17-27(24)36/h5,8,15-17,20,23H,2-4,6-7,9-14,18-19H2,1H3,(H,39,40). The number of carbonyl (C=O) groups is 3. The summed E-state index contributed by atoms with van der Waals surface area (Å²) >= 11 is 6.19. The Hall–Kier alpha value is -3.17. The van der Waals surface area contributed by atoms with Crippen molar-refractivity contribution < 1.29 is 28.6 Å². The van der Waals surface area contributed by atoms with Gasteiger partial charge in [0.2, 0.25) is 11.8 Å². The fourth-order valence-electron chi connectivity index (χ4n) is 6.28. The first-order valence-corrected chi connectivity index (χ1v) is 14.9. The molecular formula is C31H37ClFN3O5. The van der Waals surface area contributed by atoms with Crippen molar-refractivity contribution in [3.63, 3.8) is 0 Å². The predicted molar refractivity (Wildman–Crippen MR) is 153 cm³/mol. The van der Waals surface area contributed by atoms with Crippen LogP contribution in [0.5, 0.6) is 5.75 Å². The minimum absolute atomic E-state index is 0.102. The van der Waals surface area contributed by atoms with E-state index in [0.717, 1.165) is 66.9 Å². The Kier molecular flexibility index (Phi) is 9.14. The van der Waals surface area contributed by atoms with E-state index >= 15 is 0 Å². The number of halogens is 2. The summed E-state index contributed by atoms with van der Waals surface area (Å²) in [6.45, 7) is 4.66. The van der Waals surface area contributed by atoms with Crippen molar-refractivity contribution in [2.24, 2.45) is 11.8 Å². The van der Waals surface area contributed by atoms with Gasteiger partial charge in [-0.2, -0.15) is 0 Å². The number of hydrazine groups is 1. The van der Waals surface area contributed by atoms with Crippen molar-refractivity contribution in [2.75, 3.05) is 31.3 Å². The maximum Gasteiger partial charge on any atom is 0.306 e. The molecule has 0 aromatic heterocycles. The molecule has 1 N–H and O–H groups in total. The summed E-state index contributed by atoms with van der Waals surface area (Å²) in [7, 11) is 0. The molecule has 0 radical (unpaired) electrons. The number of carboxylic acid groups (broad SMARTS) is 1. The van der Waals surface area contributed by atoms with Crippen LogP contribution in [0.15, 0.2) is 30.3 Å². The number of carboxylic acids is 1. The van der Waals surface area contributed by atoms with Crippen LogP contribution in [-0.2, 0) is 33.8 Å². The third-order valence-corrected chi connectivity index (χ3v) is 8.89. The number of nitrogens with zero attached hydrogens (tertiary/aromatic N) is 3. The zero-order valence-corrected chi connectivity index (χ0v) is 24.2. The fraction of sp³-hybridized carbons (Fsp3) is 0.516. The summed E-state index contributed by atoms with van der Waals surface area (Å²) in [5, 5.41) is 14.0. The minimum atomic E-state index is -0.710. The highest BCUT2D eigenvalue weighted by atomic mass is 35.5. The average Bonchev–Trinajstić information content (AvgIpc) is 3.51. The lowest BCUT2D eigenvalue weighted by molar-refractivity contribution is -0.143. The van der Waals surface area contributed by atoms with Gasteiger partial charge in [-0.1, -0.05) is 30.7 Å². The third kappa shape index (κ3) is 6.67. The number of anilines is 1. The lowest BCUT2D eigenvalue weighted by Crippen LogP contribution is -2.44. The number of carbonyl (C=O) groups excluding carboxylic acids is 2. The number of hydrogen-bond donors (Lipinski definition) is 1. The van der Waals surface area contributed by atoms with Crippen molar-refractivity contribution in [3.05, 3.63) is 57.9 Å². The third-order valence-electron chi connectivity index (χ3n) is 8.60. The van der Waals surface area contributed by atoms with Gasteiger partial charge in [0.25, 0.3) is 0 Å². The van der Waals surface area contributed by atoms with Gasteiger partial charge in [0, 0.05) is 32.5 Å². The number of likely N-dealkylation sites (tertiary alicyclic amines) is 1. The maximum absolute atomic E-state index is 14.2. The highest BCUT2D eigenvalue weighted by molar-refractivity contribution is 6.31. The molecule has 2 aromatic rings. The van der Waals surface area contributed by atoms with Crippen LogP contribution >= 0.6 is 11.6 Å². The molecule has 220 valence electrons. The van der Waals surface area contributed by atoms with E-state index in [9.17, 15) is 23.9 Å². The first-order valence-electron chi connectivity index (χ1n) is 14.5. The molecule has 1 aliphatic carbocycles. The summed E-state index contributed by atoms with van der Waals surface area (Å²) in [6.07, 6.45) is 5.10. The van der Waals surface area contributed by atoms with Gasteiger partial charge in [-0.05, 0) is 79.3 Å². The first kappa shape index (κ1) is 29.3. The molecule has 2 fully saturated rings. The van der Waals surface area contributed by atoms with Gasteiger partial charge in [0.15, 0.2) is 0 Å². The Morgan fingerprint density at radius 2 is 1.83 bits per heavy atom. The summed E-state index contributed by atoms with van der Waals surface area (Å²) in [5.41, 5.74) is 3.98. The SMILES string of the molecule is CCc1cc(CN(CC2CCC(C(=O)O)CC2)N2CCc3cc(F)c(Cl)cc32)ccc1OCCN1C(=O)CCC1=O. The summed E-state index contributed by atoms with van der Waals surface area (Å²) in [6, 6.07) is 9.34. The van der Waals surface area contributed by atoms with Crippen LogP contribution < -0.4 is 9.75 Å². The van der Waals surface area contributed by atoms with Crippen molar-refractivity contribution in [2.45, 2.75) is 64.8 Å². The highest BCUT2D eigenvalue weighted by Crippen LogP contribution is 2.36. The number of aliphatic carboxylic acids is 1. The molecule has 0 spiro atoms. The molecule has 1 saturated heterocycles. The molecule has 2 heterocycles. The molecule has 0 bridgehead atoms. The summed E-state index contributed by atoms with van der Waals surface area (Å²) in [4.78, 5) is 36.5. The Balaban J connectivity index is 1.31. The highest BCUT2D eigenvalue weighted by Gasteiger charge is 2.32. The van der Waals surface area contributed by atoms with Crippen LogP contribution in [-0.4, -0.2) is 59.0 Å². The number of rotatable bonds is 11. The molecule has 3 aliphatic rings. The van der Waals surface area contributed by atoms with Crippen molar-refractivity contribution in [1.29, 1.82) is 0 Å². The van der Waals surface area contributed by atoms with E-state index < -0.39 is 11.8 Å². The molecule has 41 heavy (non-hydrogen) atoms. The van der Waals surface area contributed by atoms with Crippen LogP contribution in [0.1, 0.15) is 62.1 Å². The predicted octanol–water partition coefficient (Wildman–Crippen LogP) is 5.24. The topological polar surface area (TPSA) is 90.4 Å². The number of hydrogen-bond acceptors (Lipinski definition) is 6. The van der Waals surface area contributed by atoms with Crippen molar-refractivity contribution in [3.8, 4) is 5.75 Å². The summed E-state index contributed by atoms with van der Waals surface area (Å²) in [5.74, 6) is -0.582. The molecule has 0 unspecified atom stereocenters. The van der Waals surface area contributed by atoms with Crippen LogP contribution in [0.4, 0.5) is 10.1 Å². The van der Waals surface area contributed by atoms with Gasteiger partial charge in [-0.25, -0.2) is 9.40 Å². The van der Waals surface area contributed by atoms with Crippen LogP contribution in [0.25, 0.3) is 0 Å². The average molecular weight is 586 g/mol. The Morgan fingerprint density at radius 3 is 2.51 bits per heavy atom. The molecule has 8 nitrogen and oxygen atoms in total. The second-order valence-corrected chi connectivity index (χ2v) is 11.7. The van der Waals surface area contributed by atoms with E-state index in [2.05, 4.69) is 23.0 Å². The van der Waals surface area contributed by atoms with E-state index in [1.165, 1.54) is 11.0 Å². The van der Waals surface area contributed by atoms with Crippen LogP contribution in [0, 0.1) is 17.7 Å². The quantitative estimate of drug-likeness (QED) is 0.361. The van der Waals surface area contributed by atoms with Crippen molar-refractivity contribution in [1.82, 2.24) is 9.91 Å². The van der Waals surface area contributed by atoms with Gasteiger partial charge < -0.3 is 14.9 Å². The number of benzene rings is 2. The van der Waals surface area contributed by atoms with E-state index in [1.54, 1.807) is 6.07 Å². The molecule has 0 atom stereocenters. The largest absolute Gasteiger partial charge is 0.491 e. The molecule has 1 saturated carbocycles. The molecule has 5 rings (SSSR count). The molecule has 10 heteroatoms. The number of amides is 2. The van der Waals surface area contributed by atoms with E-state index in [4.69, 9.17) is 16.3 Å². The molecular weight excluding hydrogens is 549 g/mol. The van der Waals surface area contributed by atoms with Gasteiger partial charge in [0.1, 0.15) is 18.2 Å². The minimum Gasteiger partial charge on any atom is -0.491 e. The number of imide groups is 1. The Morgan fingerprint density at radius 1 is 1.10 bits per heavy atom. The van der Waals surface area contributed by atoms with E-state index in [0.29, 0.717) is 25.3 Å².